The zero-order valence-corrected chi connectivity index (χ0v) is 16.2. The second-order valence-corrected chi connectivity index (χ2v) is 8.19. The van der Waals surface area contributed by atoms with Crippen LogP contribution in [0.5, 0.6) is 0 Å². The number of nitrogens with zero attached hydrogens (tertiary/aromatic N) is 2. The standard InChI is InChI=1S/C21H25N3O2S/c25-20(19-10-5-15-27-19)22-18-9-4-3-8-17(18)21(26)24-13-11-23(12-14-24)16-6-1-2-7-16/h3-5,8-10,15-16H,1-2,6-7,11-14H2,(H,22,25). The summed E-state index contributed by atoms with van der Waals surface area (Å²) in [5, 5.41) is 4.77. The molecule has 5 nitrogen and oxygen atoms in total. The van der Waals surface area contributed by atoms with Gasteiger partial charge in [-0.25, -0.2) is 0 Å². The number of carbonyl (C=O) groups is 2. The lowest BCUT2D eigenvalue weighted by Gasteiger charge is -2.38. The van der Waals surface area contributed by atoms with E-state index in [4.69, 9.17) is 0 Å². The maximum atomic E-state index is 13.1. The molecule has 0 bridgehead atoms. The number of nitrogens with one attached hydrogen (secondary N) is 1. The summed E-state index contributed by atoms with van der Waals surface area (Å²) in [7, 11) is 0. The third kappa shape index (κ3) is 4.06. The third-order valence-corrected chi connectivity index (χ3v) is 6.46. The summed E-state index contributed by atoms with van der Waals surface area (Å²) in [5.74, 6) is -0.167. The monoisotopic (exact) mass is 383 g/mol. The van der Waals surface area contributed by atoms with Crippen molar-refractivity contribution in [3.63, 3.8) is 0 Å². The molecule has 6 heteroatoms. The highest BCUT2D eigenvalue weighted by Crippen LogP contribution is 2.25. The Kier molecular flexibility index (Phi) is 5.55. The van der Waals surface area contributed by atoms with Gasteiger partial charge in [-0.05, 0) is 36.4 Å². The second kappa shape index (κ2) is 8.23. The first-order chi connectivity index (χ1) is 13.2. The van der Waals surface area contributed by atoms with E-state index in [1.807, 2.05) is 28.5 Å². The summed E-state index contributed by atoms with van der Waals surface area (Å²) < 4.78 is 0. The number of benzene rings is 1. The van der Waals surface area contributed by atoms with Gasteiger partial charge < -0.3 is 10.2 Å². The zero-order chi connectivity index (χ0) is 18.6. The highest BCUT2D eigenvalue weighted by atomic mass is 32.1. The zero-order valence-electron chi connectivity index (χ0n) is 15.4. The van der Waals surface area contributed by atoms with Crippen molar-refractivity contribution in [3.8, 4) is 0 Å². The van der Waals surface area contributed by atoms with Crippen LogP contribution in [0.1, 0.15) is 45.7 Å². The summed E-state index contributed by atoms with van der Waals surface area (Å²) in [6.07, 6.45) is 5.26. The number of para-hydroxylation sites is 1. The first kappa shape index (κ1) is 18.2. The van der Waals surface area contributed by atoms with Gasteiger partial charge in [0.15, 0.2) is 0 Å². The molecule has 0 spiro atoms. The smallest absolute Gasteiger partial charge is 0.265 e. The SMILES string of the molecule is O=C(Nc1ccccc1C(=O)N1CCN(C2CCCC2)CC1)c1cccs1. The molecule has 2 aromatic rings. The van der Waals surface area contributed by atoms with E-state index in [1.54, 1.807) is 18.2 Å². The number of piperazine rings is 1. The number of hydrogen-bond acceptors (Lipinski definition) is 4. The molecule has 2 amide bonds. The number of hydrogen-bond donors (Lipinski definition) is 1. The Morgan fingerprint density at radius 1 is 0.963 bits per heavy atom. The summed E-state index contributed by atoms with van der Waals surface area (Å²) in [6, 6.07) is 11.6. The van der Waals surface area contributed by atoms with Crippen LogP contribution in [0.15, 0.2) is 41.8 Å². The lowest BCUT2D eigenvalue weighted by Crippen LogP contribution is -2.51. The van der Waals surface area contributed by atoms with Crippen molar-refractivity contribution in [2.24, 2.45) is 0 Å². The Labute approximate surface area is 164 Å². The molecule has 2 heterocycles. The summed E-state index contributed by atoms with van der Waals surface area (Å²) in [4.78, 5) is 30.6. The Hall–Kier alpha value is -2.18. The normalized spacial score (nSPS) is 18.6. The quantitative estimate of drug-likeness (QED) is 0.876. The Balaban J connectivity index is 1.42. The average Bonchev–Trinajstić information content (AvgIpc) is 3.42. The van der Waals surface area contributed by atoms with E-state index in [0.29, 0.717) is 22.2 Å². The van der Waals surface area contributed by atoms with Crippen LogP contribution in [0, 0.1) is 0 Å². The highest BCUT2D eigenvalue weighted by Gasteiger charge is 2.29. The van der Waals surface area contributed by atoms with Crippen LogP contribution in [0.4, 0.5) is 5.69 Å². The molecule has 1 aliphatic carbocycles. The second-order valence-electron chi connectivity index (χ2n) is 7.24. The molecule has 142 valence electrons. The molecule has 2 fully saturated rings. The lowest BCUT2D eigenvalue weighted by molar-refractivity contribution is 0.0574. The van der Waals surface area contributed by atoms with Crippen molar-refractivity contribution >= 4 is 28.8 Å². The molecule has 1 aliphatic heterocycles. The number of rotatable bonds is 4. The highest BCUT2D eigenvalue weighted by molar-refractivity contribution is 7.12. The minimum absolute atomic E-state index is 0.00292. The van der Waals surface area contributed by atoms with E-state index >= 15 is 0 Å². The van der Waals surface area contributed by atoms with Crippen molar-refractivity contribution in [3.05, 3.63) is 52.2 Å². The maximum Gasteiger partial charge on any atom is 0.265 e. The molecular weight excluding hydrogens is 358 g/mol. The number of anilines is 1. The van der Waals surface area contributed by atoms with Gasteiger partial charge in [-0.1, -0.05) is 31.0 Å². The molecule has 27 heavy (non-hydrogen) atoms. The predicted molar refractivity (Wildman–Crippen MR) is 108 cm³/mol. The summed E-state index contributed by atoms with van der Waals surface area (Å²) >= 11 is 1.39. The summed E-state index contributed by atoms with van der Waals surface area (Å²) in [5.41, 5.74) is 1.15. The van der Waals surface area contributed by atoms with E-state index in [9.17, 15) is 9.59 Å². The molecule has 2 aliphatic rings. The number of thiophene rings is 1. The van der Waals surface area contributed by atoms with Gasteiger partial charge in [-0.15, -0.1) is 11.3 Å². The van der Waals surface area contributed by atoms with Gasteiger partial charge in [0.25, 0.3) is 11.8 Å². The van der Waals surface area contributed by atoms with Gasteiger partial charge in [0, 0.05) is 32.2 Å². The van der Waals surface area contributed by atoms with Crippen molar-refractivity contribution < 1.29 is 9.59 Å². The fraction of sp³-hybridized carbons (Fsp3) is 0.429. The Bertz CT molecular complexity index is 792. The van der Waals surface area contributed by atoms with Gasteiger partial charge in [0.05, 0.1) is 16.1 Å². The molecule has 1 saturated carbocycles. The Morgan fingerprint density at radius 2 is 1.70 bits per heavy atom. The van der Waals surface area contributed by atoms with Crippen LogP contribution >= 0.6 is 11.3 Å². The first-order valence-corrected chi connectivity index (χ1v) is 10.6. The van der Waals surface area contributed by atoms with E-state index in [1.165, 1.54) is 37.0 Å². The van der Waals surface area contributed by atoms with Gasteiger partial charge in [-0.3, -0.25) is 14.5 Å². The van der Waals surface area contributed by atoms with Crippen LogP contribution < -0.4 is 5.32 Å². The number of amides is 2. The van der Waals surface area contributed by atoms with Crippen LogP contribution in [-0.4, -0.2) is 53.8 Å². The molecule has 1 N–H and O–H groups in total. The number of carbonyl (C=O) groups excluding carboxylic acids is 2. The predicted octanol–water partition coefficient (Wildman–Crippen LogP) is 3.70. The first-order valence-electron chi connectivity index (χ1n) is 9.69. The van der Waals surface area contributed by atoms with Crippen LogP contribution in [0.25, 0.3) is 0 Å². The minimum Gasteiger partial charge on any atom is -0.336 e. The van der Waals surface area contributed by atoms with E-state index < -0.39 is 0 Å². The van der Waals surface area contributed by atoms with Gasteiger partial charge in [-0.2, -0.15) is 0 Å². The maximum absolute atomic E-state index is 13.1. The van der Waals surface area contributed by atoms with Gasteiger partial charge in [0.1, 0.15) is 0 Å². The van der Waals surface area contributed by atoms with Crippen LogP contribution in [-0.2, 0) is 0 Å². The molecule has 0 atom stereocenters. The molecule has 1 aromatic heterocycles. The minimum atomic E-state index is -0.170. The largest absolute Gasteiger partial charge is 0.336 e. The molecule has 1 aromatic carbocycles. The third-order valence-electron chi connectivity index (χ3n) is 5.59. The van der Waals surface area contributed by atoms with Crippen molar-refractivity contribution in [2.45, 2.75) is 31.7 Å². The van der Waals surface area contributed by atoms with E-state index in [-0.39, 0.29) is 11.8 Å². The fourth-order valence-corrected chi connectivity index (χ4v) is 4.72. The van der Waals surface area contributed by atoms with Crippen molar-refractivity contribution in [2.75, 3.05) is 31.5 Å². The van der Waals surface area contributed by atoms with Crippen molar-refractivity contribution in [1.82, 2.24) is 9.80 Å². The van der Waals surface area contributed by atoms with E-state index in [2.05, 4.69) is 10.2 Å². The molecule has 0 unspecified atom stereocenters. The molecule has 0 radical (unpaired) electrons. The topological polar surface area (TPSA) is 52.7 Å². The summed E-state index contributed by atoms with van der Waals surface area (Å²) in [6.45, 7) is 3.39. The lowest BCUT2D eigenvalue weighted by atomic mass is 10.1. The van der Waals surface area contributed by atoms with Gasteiger partial charge >= 0.3 is 0 Å². The molecular formula is C21H25N3O2S. The van der Waals surface area contributed by atoms with Crippen molar-refractivity contribution in [1.29, 1.82) is 0 Å². The molecule has 1 saturated heterocycles. The molecule has 4 rings (SSSR count). The fourth-order valence-electron chi connectivity index (χ4n) is 4.10. The van der Waals surface area contributed by atoms with Gasteiger partial charge in [0.2, 0.25) is 0 Å². The van der Waals surface area contributed by atoms with Crippen LogP contribution in [0.3, 0.4) is 0 Å². The Morgan fingerprint density at radius 3 is 2.41 bits per heavy atom. The van der Waals surface area contributed by atoms with E-state index in [0.717, 1.165) is 26.2 Å². The van der Waals surface area contributed by atoms with Crippen LogP contribution in [0.2, 0.25) is 0 Å². The average molecular weight is 384 g/mol.